The summed E-state index contributed by atoms with van der Waals surface area (Å²) in [6.45, 7) is 1.98. The summed E-state index contributed by atoms with van der Waals surface area (Å²) < 4.78 is 19.7. The molecule has 2 N–H and O–H groups in total. The Kier molecular flexibility index (Phi) is 4.99. The first-order valence-corrected chi connectivity index (χ1v) is 6.94. The summed E-state index contributed by atoms with van der Waals surface area (Å²) >= 11 is 5.83. The van der Waals surface area contributed by atoms with Crippen molar-refractivity contribution in [2.24, 2.45) is 5.73 Å². The van der Waals surface area contributed by atoms with Crippen LogP contribution in [0, 0.1) is 5.82 Å². The minimum atomic E-state index is -0.291. The highest BCUT2D eigenvalue weighted by Crippen LogP contribution is 2.29. The average Bonchev–Trinajstić information content (AvgIpc) is 2.45. The van der Waals surface area contributed by atoms with E-state index in [1.54, 1.807) is 36.4 Å². The summed E-state index contributed by atoms with van der Waals surface area (Å²) in [5.74, 6) is 0.822. The van der Waals surface area contributed by atoms with E-state index in [4.69, 9.17) is 22.1 Å². The molecule has 0 aliphatic heterocycles. The molecule has 0 spiro atoms. The van der Waals surface area contributed by atoms with E-state index in [0.29, 0.717) is 28.5 Å². The lowest BCUT2D eigenvalue weighted by molar-refractivity contribution is 0.461. The van der Waals surface area contributed by atoms with Crippen LogP contribution in [-0.4, -0.2) is 6.04 Å². The lowest BCUT2D eigenvalue weighted by Gasteiger charge is -2.15. The molecule has 20 heavy (non-hydrogen) atoms. The van der Waals surface area contributed by atoms with Gasteiger partial charge in [-0.15, -0.1) is 0 Å². The molecular weight excluding hydrogens is 277 g/mol. The summed E-state index contributed by atoms with van der Waals surface area (Å²) in [5.41, 5.74) is 6.43. The highest BCUT2D eigenvalue weighted by molar-refractivity contribution is 6.30. The molecule has 0 aliphatic rings. The van der Waals surface area contributed by atoms with Gasteiger partial charge in [-0.1, -0.05) is 24.6 Å². The van der Waals surface area contributed by atoms with Gasteiger partial charge in [-0.2, -0.15) is 0 Å². The number of halogens is 2. The van der Waals surface area contributed by atoms with Crippen LogP contribution in [0.25, 0.3) is 0 Å². The molecule has 0 heterocycles. The van der Waals surface area contributed by atoms with Gasteiger partial charge in [0, 0.05) is 16.6 Å². The SMILES string of the molecule is CCC(N)Cc1c(F)cccc1Oc1ccc(Cl)cc1. The van der Waals surface area contributed by atoms with E-state index >= 15 is 0 Å². The molecule has 2 aromatic rings. The van der Waals surface area contributed by atoms with Crippen LogP contribution in [0.5, 0.6) is 11.5 Å². The fourth-order valence-corrected chi connectivity index (χ4v) is 1.99. The molecule has 0 radical (unpaired) electrons. The Morgan fingerprint density at radius 1 is 1.20 bits per heavy atom. The lowest BCUT2D eigenvalue weighted by Crippen LogP contribution is -2.22. The number of ether oxygens (including phenoxy) is 1. The van der Waals surface area contributed by atoms with Gasteiger partial charge < -0.3 is 10.5 Å². The van der Waals surface area contributed by atoms with Crippen LogP contribution in [0.15, 0.2) is 42.5 Å². The first-order valence-electron chi connectivity index (χ1n) is 6.56. The van der Waals surface area contributed by atoms with Crippen molar-refractivity contribution in [1.29, 1.82) is 0 Å². The fraction of sp³-hybridized carbons (Fsp3) is 0.250. The van der Waals surface area contributed by atoms with Crippen molar-refractivity contribution in [3.8, 4) is 11.5 Å². The zero-order chi connectivity index (χ0) is 14.5. The summed E-state index contributed by atoms with van der Waals surface area (Å²) in [6, 6.07) is 11.7. The average molecular weight is 294 g/mol. The predicted octanol–water partition coefficient (Wildman–Crippen LogP) is 4.55. The van der Waals surface area contributed by atoms with Crippen LogP contribution in [0.1, 0.15) is 18.9 Å². The summed E-state index contributed by atoms with van der Waals surface area (Å²) in [5, 5.41) is 0.629. The van der Waals surface area contributed by atoms with Crippen LogP contribution in [0.3, 0.4) is 0 Å². The first-order chi connectivity index (χ1) is 9.60. The molecule has 4 heteroatoms. The Morgan fingerprint density at radius 3 is 2.55 bits per heavy atom. The van der Waals surface area contributed by atoms with Gasteiger partial charge >= 0.3 is 0 Å². The molecule has 2 rings (SSSR count). The summed E-state index contributed by atoms with van der Waals surface area (Å²) in [7, 11) is 0. The van der Waals surface area contributed by atoms with Gasteiger partial charge in [-0.25, -0.2) is 4.39 Å². The number of hydrogen-bond donors (Lipinski definition) is 1. The van der Waals surface area contributed by atoms with Gasteiger partial charge in [0.25, 0.3) is 0 Å². The molecule has 0 amide bonds. The molecule has 0 aliphatic carbocycles. The highest BCUT2D eigenvalue weighted by Gasteiger charge is 2.13. The zero-order valence-electron chi connectivity index (χ0n) is 11.3. The maximum Gasteiger partial charge on any atom is 0.133 e. The van der Waals surface area contributed by atoms with E-state index in [9.17, 15) is 4.39 Å². The molecule has 1 atom stereocenters. The van der Waals surface area contributed by atoms with E-state index in [1.165, 1.54) is 6.07 Å². The second-order valence-corrected chi connectivity index (χ2v) is 5.08. The smallest absolute Gasteiger partial charge is 0.133 e. The third-order valence-corrected chi connectivity index (χ3v) is 3.36. The minimum absolute atomic E-state index is 0.0838. The van der Waals surface area contributed by atoms with E-state index in [-0.39, 0.29) is 11.9 Å². The van der Waals surface area contributed by atoms with Crippen molar-refractivity contribution < 1.29 is 9.13 Å². The molecule has 0 fully saturated rings. The quantitative estimate of drug-likeness (QED) is 0.877. The summed E-state index contributed by atoms with van der Waals surface area (Å²) in [6.07, 6.45) is 1.24. The van der Waals surface area contributed by atoms with Gasteiger partial charge in [0.05, 0.1) is 0 Å². The normalized spacial score (nSPS) is 12.2. The van der Waals surface area contributed by atoms with Crippen molar-refractivity contribution >= 4 is 11.6 Å². The molecule has 1 unspecified atom stereocenters. The van der Waals surface area contributed by atoms with Crippen LogP contribution >= 0.6 is 11.6 Å². The van der Waals surface area contributed by atoms with E-state index in [1.807, 2.05) is 6.92 Å². The third kappa shape index (κ3) is 3.71. The Hall–Kier alpha value is -1.58. The molecular formula is C16H17ClFNO. The van der Waals surface area contributed by atoms with Gasteiger partial charge in [-0.3, -0.25) is 0 Å². The van der Waals surface area contributed by atoms with Crippen molar-refractivity contribution in [3.63, 3.8) is 0 Å². The maximum atomic E-state index is 14.0. The molecule has 0 saturated carbocycles. The second-order valence-electron chi connectivity index (χ2n) is 4.64. The number of rotatable bonds is 5. The van der Waals surface area contributed by atoms with Gasteiger partial charge in [0.2, 0.25) is 0 Å². The Bertz CT molecular complexity index is 571. The Balaban J connectivity index is 2.26. The zero-order valence-corrected chi connectivity index (χ0v) is 12.0. The third-order valence-electron chi connectivity index (χ3n) is 3.11. The van der Waals surface area contributed by atoms with Gasteiger partial charge in [0.15, 0.2) is 0 Å². The molecule has 2 aromatic carbocycles. The monoisotopic (exact) mass is 293 g/mol. The Labute approximate surface area is 123 Å². The van der Waals surface area contributed by atoms with Gasteiger partial charge in [-0.05, 0) is 49.2 Å². The van der Waals surface area contributed by atoms with Crippen LogP contribution in [0.4, 0.5) is 4.39 Å². The molecule has 0 bridgehead atoms. The number of nitrogens with two attached hydrogens (primary N) is 1. The maximum absolute atomic E-state index is 14.0. The molecule has 106 valence electrons. The molecule has 0 aromatic heterocycles. The molecule has 0 saturated heterocycles. The van der Waals surface area contributed by atoms with Gasteiger partial charge in [0.1, 0.15) is 17.3 Å². The van der Waals surface area contributed by atoms with E-state index < -0.39 is 0 Å². The minimum Gasteiger partial charge on any atom is -0.457 e. The van der Waals surface area contributed by atoms with Crippen molar-refractivity contribution in [2.75, 3.05) is 0 Å². The topological polar surface area (TPSA) is 35.2 Å². The van der Waals surface area contributed by atoms with Crippen molar-refractivity contribution in [1.82, 2.24) is 0 Å². The first kappa shape index (κ1) is 14.8. The van der Waals surface area contributed by atoms with Crippen molar-refractivity contribution in [3.05, 3.63) is 58.9 Å². The van der Waals surface area contributed by atoms with E-state index in [0.717, 1.165) is 6.42 Å². The van der Waals surface area contributed by atoms with E-state index in [2.05, 4.69) is 0 Å². The second kappa shape index (κ2) is 6.73. The van der Waals surface area contributed by atoms with Crippen LogP contribution in [-0.2, 0) is 6.42 Å². The highest BCUT2D eigenvalue weighted by atomic mass is 35.5. The van der Waals surface area contributed by atoms with Crippen molar-refractivity contribution in [2.45, 2.75) is 25.8 Å². The number of benzene rings is 2. The fourth-order valence-electron chi connectivity index (χ4n) is 1.87. The Morgan fingerprint density at radius 2 is 1.90 bits per heavy atom. The van der Waals surface area contributed by atoms with Crippen LogP contribution in [0.2, 0.25) is 5.02 Å². The lowest BCUT2D eigenvalue weighted by atomic mass is 10.0. The number of hydrogen-bond acceptors (Lipinski definition) is 2. The summed E-state index contributed by atoms with van der Waals surface area (Å²) in [4.78, 5) is 0. The van der Waals surface area contributed by atoms with Crippen LogP contribution < -0.4 is 10.5 Å². The largest absolute Gasteiger partial charge is 0.457 e. The molecule has 2 nitrogen and oxygen atoms in total. The predicted molar refractivity (Wildman–Crippen MR) is 79.9 cm³/mol. The standard InChI is InChI=1S/C16H17ClFNO/c1-2-12(19)10-14-15(18)4-3-5-16(14)20-13-8-6-11(17)7-9-13/h3-9,12H,2,10,19H2,1H3.